The number of carbonyl (C=O) groups excluding carboxylic acids is 1. The number of amides is 1. The van der Waals surface area contributed by atoms with Gasteiger partial charge in [-0.25, -0.2) is 8.42 Å². The maximum Gasteiger partial charge on any atom is 0.231 e. The first-order chi connectivity index (χ1) is 12.8. The van der Waals surface area contributed by atoms with Gasteiger partial charge in [-0.1, -0.05) is 24.3 Å². The zero-order valence-corrected chi connectivity index (χ0v) is 16.2. The molecule has 3 aromatic rings. The Morgan fingerprint density at radius 1 is 0.963 bits per heavy atom. The first-order valence-electron chi connectivity index (χ1n) is 8.46. The van der Waals surface area contributed by atoms with Crippen molar-refractivity contribution in [2.75, 3.05) is 18.7 Å². The minimum absolute atomic E-state index is 0.157. The van der Waals surface area contributed by atoms with Gasteiger partial charge in [0.25, 0.3) is 0 Å². The molecular formula is C21H21NO4S. The maximum absolute atomic E-state index is 12.6. The van der Waals surface area contributed by atoms with E-state index < -0.39 is 9.84 Å². The molecule has 1 N–H and O–H groups in total. The molecule has 6 heteroatoms. The molecule has 3 rings (SSSR count). The highest BCUT2D eigenvalue weighted by Crippen LogP contribution is 2.26. The molecule has 1 atom stereocenters. The fourth-order valence-electron chi connectivity index (χ4n) is 2.83. The van der Waals surface area contributed by atoms with Gasteiger partial charge in [-0.3, -0.25) is 4.79 Å². The van der Waals surface area contributed by atoms with Crippen LogP contribution in [0, 0.1) is 0 Å². The third-order valence-corrected chi connectivity index (χ3v) is 5.64. The van der Waals surface area contributed by atoms with E-state index in [0.29, 0.717) is 5.69 Å². The van der Waals surface area contributed by atoms with Crippen molar-refractivity contribution in [3.8, 4) is 5.75 Å². The van der Waals surface area contributed by atoms with E-state index in [1.165, 1.54) is 12.1 Å². The summed E-state index contributed by atoms with van der Waals surface area (Å²) < 4.78 is 28.3. The molecule has 0 aliphatic carbocycles. The van der Waals surface area contributed by atoms with Crippen molar-refractivity contribution in [3.63, 3.8) is 0 Å². The van der Waals surface area contributed by atoms with Crippen LogP contribution >= 0.6 is 0 Å². The standard InChI is InChI=1S/C21H21NO4S/c1-14(15-4-5-17-13-19(26-2)9-6-16(17)12-15)21(23)22-18-7-10-20(11-8-18)27(3,24)25/h4-14H,1-3H3,(H,22,23)/t14-/m0/s1. The molecule has 5 nitrogen and oxygen atoms in total. The second-order valence-electron chi connectivity index (χ2n) is 6.48. The van der Waals surface area contributed by atoms with E-state index in [-0.39, 0.29) is 16.7 Å². The predicted octanol–water partition coefficient (Wildman–Crippen LogP) is 3.99. The predicted molar refractivity (Wildman–Crippen MR) is 107 cm³/mol. The molecule has 0 heterocycles. The van der Waals surface area contributed by atoms with Crippen molar-refractivity contribution in [1.82, 2.24) is 0 Å². The molecule has 0 fully saturated rings. The number of nitrogens with one attached hydrogen (secondary N) is 1. The number of rotatable bonds is 5. The number of fused-ring (bicyclic) bond motifs is 1. The molecule has 0 saturated heterocycles. The van der Waals surface area contributed by atoms with Gasteiger partial charge in [0.05, 0.1) is 17.9 Å². The van der Waals surface area contributed by atoms with Crippen LogP contribution < -0.4 is 10.1 Å². The summed E-state index contributed by atoms with van der Waals surface area (Å²) in [5.74, 6) is 0.277. The lowest BCUT2D eigenvalue weighted by Gasteiger charge is -2.14. The van der Waals surface area contributed by atoms with E-state index in [0.717, 1.165) is 28.3 Å². The van der Waals surface area contributed by atoms with Crippen LogP contribution in [-0.2, 0) is 14.6 Å². The molecule has 0 aromatic heterocycles. The van der Waals surface area contributed by atoms with Crippen molar-refractivity contribution in [1.29, 1.82) is 0 Å². The van der Waals surface area contributed by atoms with Crippen LogP contribution in [0.2, 0.25) is 0 Å². The summed E-state index contributed by atoms with van der Waals surface area (Å²) in [6, 6.07) is 17.8. The molecule has 0 saturated carbocycles. The average molecular weight is 383 g/mol. The molecule has 27 heavy (non-hydrogen) atoms. The molecule has 0 bridgehead atoms. The van der Waals surface area contributed by atoms with Crippen LogP contribution in [0.5, 0.6) is 5.75 Å². The van der Waals surface area contributed by atoms with E-state index in [2.05, 4.69) is 5.32 Å². The van der Waals surface area contributed by atoms with Crippen LogP contribution in [0.3, 0.4) is 0 Å². The zero-order chi connectivity index (χ0) is 19.6. The van der Waals surface area contributed by atoms with Crippen LogP contribution in [0.15, 0.2) is 65.6 Å². The summed E-state index contributed by atoms with van der Waals surface area (Å²) in [6.45, 7) is 1.84. The molecule has 3 aromatic carbocycles. The Balaban J connectivity index is 1.77. The Bertz CT molecular complexity index is 1090. The highest BCUT2D eigenvalue weighted by atomic mass is 32.2. The number of anilines is 1. The average Bonchev–Trinajstić information content (AvgIpc) is 2.66. The van der Waals surface area contributed by atoms with Crippen LogP contribution in [0.4, 0.5) is 5.69 Å². The summed E-state index contributed by atoms with van der Waals surface area (Å²) in [4.78, 5) is 12.8. The molecule has 0 aliphatic rings. The lowest BCUT2D eigenvalue weighted by atomic mass is 9.97. The number of ether oxygens (including phenoxy) is 1. The number of benzene rings is 3. The third-order valence-electron chi connectivity index (χ3n) is 4.51. The van der Waals surface area contributed by atoms with E-state index in [9.17, 15) is 13.2 Å². The Hall–Kier alpha value is -2.86. The Labute approximate surface area is 158 Å². The highest BCUT2D eigenvalue weighted by molar-refractivity contribution is 7.90. The van der Waals surface area contributed by atoms with Crippen molar-refractivity contribution >= 4 is 32.2 Å². The summed E-state index contributed by atoms with van der Waals surface area (Å²) in [5.41, 5.74) is 1.46. The van der Waals surface area contributed by atoms with Gasteiger partial charge in [0.15, 0.2) is 9.84 Å². The fourth-order valence-corrected chi connectivity index (χ4v) is 3.46. The molecule has 140 valence electrons. The first-order valence-corrected chi connectivity index (χ1v) is 10.4. The molecule has 1 amide bonds. The van der Waals surface area contributed by atoms with E-state index in [4.69, 9.17) is 4.74 Å². The summed E-state index contributed by atoms with van der Waals surface area (Å²) in [7, 11) is -1.63. The molecule has 0 spiro atoms. The van der Waals surface area contributed by atoms with E-state index >= 15 is 0 Å². The van der Waals surface area contributed by atoms with Gasteiger partial charge in [0.2, 0.25) is 5.91 Å². The Kier molecular flexibility index (Phi) is 5.19. The fraction of sp³-hybridized carbons (Fsp3) is 0.190. The Morgan fingerprint density at radius 3 is 2.22 bits per heavy atom. The molecule has 0 unspecified atom stereocenters. The molecular weight excluding hydrogens is 362 g/mol. The van der Waals surface area contributed by atoms with Gasteiger partial charge in [0.1, 0.15) is 5.75 Å². The van der Waals surface area contributed by atoms with Gasteiger partial charge in [-0.2, -0.15) is 0 Å². The SMILES string of the molecule is COc1ccc2cc([C@H](C)C(=O)Nc3ccc(S(C)(=O)=O)cc3)ccc2c1. The van der Waals surface area contributed by atoms with Crippen LogP contribution in [-0.4, -0.2) is 27.7 Å². The lowest BCUT2D eigenvalue weighted by Crippen LogP contribution is -2.18. The van der Waals surface area contributed by atoms with Crippen LogP contribution in [0.1, 0.15) is 18.4 Å². The topological polar surface area (TPSA) is 72.5 Å². The van der Waals surface area contributed by atoms with Gasteiger partial charge in [-0.05, 0) is 59.7 Å². The number of hydrogen-bond acceptors (Lipinski definition) is 4. The van der Waals surface area contributed by atoms with Gasteiger partial charge < -0.3 is 10.1 Å². The summed E-state index contributed by atoms with van der Waals surface area (Å²) >= 11 is 0. The third kappa shape index (κ3) is 4.28. The lowest BCUT2D eigenvalue weighted by molar-refractivity contribution is -0.117. The van der Waals surface area contributed by atoms with E-state index in [1.807, 2.05) is 43.3 Å². The van der Waals surface area contributed by atoms with Gasteiger partial charge >= 0.3 is 0 Å². The smallest absolute Gasteiger partial charge is 0.231 e. The van der Waals surface area contributed by atoms with Gasteiger partial charge in [-0.15, -0.1) is 0 Å². The number of sulfone groups is 1. The monoisotopic (exact) mass is 383 g/mol. The normalized spacial score (nSPS) is 12.6. The second-order valence-corrected chi connectivity index (χ2v) is 8.50. The van der Waals surface area contributed by atoms with Crippen molar-refractivity contribution in [3.05, 3.63) is 66.2 Å². The molecule has 0 aliphatic heterocycles. The van der Waals surface area contributed by atoms with Gasteiger partial charge in [0, 0.05) is 11.9 Å². The number of carbonyl (C=O) groups is 1. The van der Waals surface area contributed by atoms with E-state index in [1.54, 1.807) is 19.2 Å². The first kappa shape index (κ1) is 18.9. The maximum atomic E-state index is 12.6. The second kappa shape index (κ2) is 7.40. The number of methoxy groups -OCH3 is 1. The highest BCUT2D eigenvalue weighted by Gasteiger charge is 2.16. The summed E-state index contributed by atoms with van der Waals surface area (Å²) in [5, 5.41) is 4.91. The van der Waals surface area contributed by atoms with Crippen molar-refractivity contribution < 1.29 is 17.9 Å². The molecule has 0 radical (unpaired) electrons. The van der Waals surface area contributed by atoms with Crippen LogP contribution in [0.25, 0.3) is 10.8 Å². The summed E-state index contributed by atoms with van der Waals surface area (Å²) in [6.07, 6.45) is 1.15. The minimum Gasteiger partial charge on any atom is -0.497 e. The zero-order valence-electron chi connectivity index (χ0n) is 15.4. The minimum atomic E-state index is -3.25. The number of hydrogen-bond donors (Lipinski definition) is 1. The quantitative estimate of drug-likeness (QED) is 0.723. The van der Waals surface area contributed by atoms with Crippen molar-refractivity contribution in [2.45, 2.75) is 17.7 Å². The largest absolute Gasteiger partial charge is 0.497 e. The Morgan fingerprint density at radius 2 is 1.59 bits per heavy atom. The van der Waals surface area contributed by atoms with Crippen molar-refractivity contribution in [2.24, 2.45) is 0 Å².